The average Bonchev–Trinajstić information content (AvgIpc) is 2.99. The van der Waals surface area contributed by atoms with Crippen LogP contribution in [0.2, 0.25) is 10.3 Å². The molecule has 1 fully saturated rings. The number of benzene rings is 1. The summed E-state index contributed by atoms with van der Waals surface area (Å²) in [4.78, 5) is 11.1. The van der Waals surface area contributed by atoms with Crippen LogP contribution in [0.5, 0.6) is 0 Å². The van der Waals surface area contributed by atoms with Crippen LogP contribution in [0.4, 0.5) is 5.82 Å². The van der Waals surface area contributed by atoms with Crippen molar-refractivity contribution >= 4 is 40.1 Å². The van der Waals surface area contributed by atoms with Crippen molar-refractivity contribution in [3.05, 3.63) is 40.8 Å². The first kappa shape index (κ1) is 14.7. The number of hydrogen-bond donors (Lipinski definition) is 0. The Balaban J connectivity index is 1.85. The molecule has 2 aromatic heterocycles. The van der Waals surface area contributed by atoms with E-state index < -0.39 is 0 Å². The van der Waals surface area contributed by atoms with E-state index in [0.29, 0.717) is 10.7 Å². The van der Waals surface area contributed by atoms with E-state index in [1.807, 2.05) is 30.5 Å². The van der Waals surface area contributed by atoms with Crippen LogP contribution in [0.1, 0.15) is 19.3 Å². The number of nitrogens with zero attached hydrogens (tertiary/aromatic N) is 5. The lowest BCUT2D eigenvalue weighted by Gasteiger charge is -2.28. The molecule has 0 amide bonds. The Kier molecular flexibility index (Phi) is 3.83. The van der Waals surface area contributed by atoms with Gasteiger partial charge in [-0.25, -0.2) is 4.68 Å². The molecule has 0 atom stereocenters. The maximum atomic E-state index is 6.17. The van der Waals surface area contributed by atoms with Crippen molar-refractivity contribution in [1.82, 2.24) is 19.7 Å². The second-order valence-electron chi connectivity index (χ2n) is 5.63. The van der Waals surface area contributed by atoms with Crippen LogP contribution < -0.4 is 4.90 Å². The van der Waals surface area contributed by atoms with E-state index >= 15 is 0 Å². The van der Waals surface area contributed by atoms with Crippen molar-refractivity contribution < 1.29 is 0 Å². The van der Waals surface area contributed by atoms with Gasteiger partial charge < -0.3 is 4.90 Å². The molecule has 5 nitrogen and oxygen atoms in total. The van der Waals surface area contributed by atoms with E-state index in [4.69, 9.17) is 23.2 Å². The van der Waals surface area contributed by atoms with E-state index in [2.05, 4.69) is 20.0 Å². The molecule has 0 aliphatic carbocycles. The average molecular weight is 348 g/mol. The van der Waals surface area contributed by atoms with Crippen molar-refractivity contribution in [3.63, 3.8) is 0 Å². The van der Waals surface area contributed by atoms with E-state index in [9.17, 15) is 0 Å². The Labute approximate surface area is 143 Å². The fraction of sp³-hybridized carbons (Fsp3) is 0.312. The largest absolute Gasteiger partial charge is 0.356 e. The van der Waals surface area contributed by atoms with E-state index in [1.54, 1.807) is 4.68 Å². The Bertz CT molecular complexity index is 838. The molecule has 0 saturated carbocycles. The maximum Gasteiger partial charge on any atom is 0.226 e. The van der Waals surface area contributed by atoms with Gasteiger partial charge >= 0.3 is 0 Å². The normalized spacial score (nSPS) is 15.3. The molecule has 7 heteroatoms. The molecule has 1 saturated heterocycles. The summed E-state index contributed by atoms with van der Waals surface area (Å²) in [6, 6.07) is 7.48. The van der Waals surface area contributed by atoms with Gasteiger partial charge in [-0.1, -0.05) is 11.6 Å². The molecule has 3 aromatic rings. The lowest BCUT2D eigenvalue weighted by atomic mass is 10.1. The number of piperidine rings is 1. The summed E-state index contributed by atoms with van der Waals surface area (Å²) < 4.78 is 1.77. The van der Waals surface area contributed by atoms with Crippen LogP contribution in [0.15, 0.2) is 30.5 Å². The number of anilines is 1. The molecule has 1 aromatic carbocycles. The van der Waals surface area contributed by atoms with Gasteiger partial charge in [-0.15, -0.1) is 0 Å². The van der Waals surface area contributed by atoms with Gasteiger partial charge in [0, 0.05) is 18.1 Å². The number of aromatic nitrogens is 4. The summed E-state index contributed by atoms with van der Waals surface area (Å²) in [5.74, 6) is 0.875. The minimum atomic E-state index is 0.244. The van der Waals surface area contributed by atoms with Crippen LogP contribution in [0.3, 0.4) is 0 Å². The highest BCUT2D eigenvalue weighted by Crippen LogP contribution is 2.29. The lowest BCUT2D eigenvalue weighted by molar-refractivity contribution is 0.574. The summed E-state index contributed by atoms with van der Waals surface area (Å²) in [6.07, 6.45) is 5.43. The Hall–Kier alpha value is -1.85. The quantitative estimate of drug-likeness (QED) is 0.654. The zero-order chi connectivity index (χ0) is 15.8. The van der Waals surface area contributed by atoms with E-state index in [0.717, 1.165) is 30.0 Å². The van der Waals surface area contributed by atoms with Gasteiger partial charge in [0.2, 0.25) is 5.28 Å². The smallest absolute Gasteiger partial charge is 0.226 e. The number of hydrogen-bond acceptors (Lipinski definition) is 4. The molecular weight excluding hydrogens is 333 g/mol. The first-order valence-corrected chi connectivity index (χ1v) is 8.40. The molecule has 0 unspecified atom stereocenters. The summed E-state index contributed by atoms with van der Waals surface area (Å²) in [5.41, 5.74) is 1.61. The van der Waals surface area contributed by atoms with Gasteiger partial charge in [-0.3, -0.25) is 0 Å². The summed E-state index contributed by atoms with van der Waals surface area (Å²) in [7, 11) is 0. The van der Waals surface area contributed by atoms with Crippen molar-refractivity contribution in [1.29, 1.82) is 0 Å². The van der Waals surface area contributed by atoms with Gasteiger partial charge in [0.1, 0.15) is 5.82 Å². The van der Waals surface area contributed by atoms with Crippen LogP contribution in [-0.4, -0.2) is 32.8 Å². The number of fused-ring (bicyclic) bond motifs is 1. The van der Waals surface area contributed by atoms with Gasteiger partial charge in [0.05, 0.1) is 17.3 Å². The molecule has 0 radical (unpaired) electrons. The molecule has 0 bridgehead atoms. The lowest BCUT2D eigenvalue weighted by Crippen LogP contribution is -2.30. The number of rotatable bonds is 2. The number of halogens is 2. The van der Waals surface area contributed by atoms with E-state index in [-0.39, 0.29) is 5.28 Å². The zero-order valence-corrected chi connectivity index (χ0v) is 13.9. The van der Waals surface area contributed by atoms with Crippen molar-refractivity contribution in [2.75, 3.05) is 18.0 Å². The fourth-order valence-corrected chi connectivity index (χ4v) is 3.27. The van der Waals surface area contributed by atoms with Crippen LogP contribution >= 0.6 is 23.2 Å². The Morgan fingerprint density at radius 2 is 1.65 bits per heavy atom. The third-order valence-corrected chi connectivity index (χ3v) is 4.53. The van der Waals surface area contributed by atoms with Crippen molar-refractivity contribution in [2.45, 2.75) is 19.3 Å². The molecule has 0 spiro atoms. The summed E-state index contributed by atoms with van der Waals surface area (Å²) in [5, 5.41) is 6.33. The van der Waals surface area contributed by atoms with Gasteiger partial charge in [0.15, 0.2) is 5.65 Å². The molecule has 1 aliphatic heterocycles. The predicted octanol–water partition coefficient (Wildman–Crippen LogP) is 4.11. The summed E-state index contributed by atoms with van der Waals surface area (Å²) >= 11 is 12.1. The molecule has 23 heavy (non-hydrogen) atoms. The minimum absolute atomic E-state index is 0.244. The topological polar surface area (TPSA) is 46.8 Å². The Morgan fingerprint density at radius 3 is 2.39 bits per heavy atom. The van der Waals surface area contributed by atoms with Crippen LogP contribution in [0.25, 0.3) is 16.7 Å². The zero-order valence-electron chi connectivity index (χ0n) is 12.4. The summed E-state index contributed by atoms with van der Waals surface area (Å²) in [6.45, 7) is 1.99. The highest BCUT2D eigenvalue weighted by molar-refractivity contribution is 6.30. The molecule has 0 N–H and O–H groups in total. The van der Waals surface area contributed by atoms with Gasteiger partial charge in [-0.2, -0.15) is 15.1 Å². The van der Waals surface area contributed by atoms with Crippen LogP contribution in [-0.2, 0) is 0 Å². The predicted molar refractivity (Wildman–Crippen MR) is 92.7 cm³/mol. The molecular formula is C16H15Cl2N5. The molecule has 118 valence electrons. The first-order chi connectivity index (χ1) is 11.2. The molecule has 3 heterocycles. The second-order valence-corrected chi connectivity index (χ2v) is 6.41. The van der Waals surface area contributed by atoms with Gasteiger partial charge in [0.25, 0.3) is 0 Å². The van der Waals surface area contributed by atoms with E-state index in [1.165, 1.54) is 19.3 Å². The highest BCUT2D eigenvalue weighted by Gasteiger charge is 2.19. The molecule has 1 aliphatic rings. The third kappa shape index (κ3) is 2.75. The highest BCUT2D eigenvalue weighted by atomic mass is 35.5. The molecule has 4 rings (SSSR count). The van der Waals surface area contributed by atoms with Gasteiger partial charge in [-0.05, 0) is 55.1 Å². The SMILES string of the molecule is Clc1ccc(-n2ncc3c(N4CCCCC4)nc(Cl)nc32)cc1. The fourth-order valence-electron chi connectivity index (χ4n) is 2.99. The maximum absolute atomic E-state index is 6.17. The van der Waals surface area contributed by atoms with Crippen LogP contribution in [0, 0.1) is 0 Å². The Morgan fingerprint density at radius 1 is 0.913 bits per heavy atom. The second kappa shape index (κ2) is 5.98. The third-order valence-electron chi connectivity index (χ3n) is 4.11. The monoisotopic (exact) mass is 347 g/mol. The van der Waals surface area contributed by atoms with Crippen molar-refractivity contribution in [2.24, 2.45) is 0 Å². The standard InChI is InChI=1S/C16H15Cl2N5/c17-11-4-6-12(7-5-11)23-15-13(10-19-23)14(20-16(18)21-15)22-8-2-1-3-9-22/h4-7,10H,1-3,8-9H2. The first-order valence-electron chi connectivity index (χ1n) is 7.64. The van der Waals surface area contributed by atoms with Crippen molar-refractivity contribution in [3.8, 4) is 5.69 Å². The minimum Gasteiger partial charge on any atom is -0.356 e.